The number of hydrogen-bond acceptors (Lipinski definition) is 4. The lowest BCUT2D eigenvalue weighted by atomic mass is 10.2. The van der Waals surface area contributed by atoms with E-state index in [1.165, 1.54) is 6.26 Å². The van der Waals surface area contributed by atoms with Gasteiger partial charge >= 0.3 is 5.97 Å². The number of thiophene rings is 1. The van der Waals surface area contributed by atoms with Gasteiger partial charge in [0.05, 0.1) is 17.7 Å². The van der Waals surface area contributed by atoms with Crippen molar-refractivity contribution in [2.24, 2.45) is 0 Å². The predicted octanol–water partition coefficient (Wildman–Crippen LogP) is 2.95. The molecule has 96 valence electrons. The number of hydrogen-bond donors (Lipinski definition) is 1. The van der Waals surface area contributed by atoms with Crippen molar-refractivity contribution < 1.29 is 14.3 Å². The van der Waals surface area contributed by atoms with Crippen molar-refractivity contribution in [3.05, 3.63) is 53.6 Å². The van der Waals surface area contributed by atoms with Gasteiger partial charge in [-0.3, -0.25) is 0 Å². The van der Waals surface area contributed by atoms with Gasteiger partial charge in [-0.15, -0.1) is 11.3 Å². The molecule has 5 nitrogen and oxygen atoms in total. The molecule has 0 aliphatic rings. The van der Waals surface area contributed by atoms with Gasteiger partial charge in [0.1, 0.15) is 5.82 Å². The zero-order chi connectivity index (χ0) is 13.2. The number of carbonyl (C=O) groups is 1. The Kier molecular flexibility index (Phi) is 2.92. The van der Waals surface area contributed by atoms with Crippen molar-refractivity contribution >= 4 is 17.3 Å². The zero-order valence-corrected chi connectivity index (χ0v) is 10.6. The third-order valence-electron chi connectivity index (χ3n) is 2.74. The Labute approximate surface area is 112 Å². The quantitative estimate of drug-likeness (QED) is 0.794. The molecule has 3 aromatic rings. The van der Waals surface area contributed by atoms with Crippen LogP contribution in [0.25, 0.3) is 10.7 Å². The van der Waals surface area contributed by atoms with Crippen LogP contribution in [-0.2, 0) is 6.54 Å². The average molecular weight is 274 g/mol. The summed E-state index contributed by atoms with van der Waals surface area (Å²) in [5, 5.41) is 11.0. The summed E-state index contributed by atoms with van der Waals surface area (Å²) < 4.78 is 6.88. The molecule has 0 amide bonds. The Morgan fingerprint density at radius 3 is 3.11 bits per heavy atom. The van der Waals surface area contributed by atoms with E-state index in [9.17, 15) is 4.79 Å². The Morgan fingerprint density at radius 2 is 2.37 bits per heavy atom. The van der Waals surface area contributed by atoms with E-state index >= 15 is 0 Å². The fraction of sp³-hybridized carbons (Fsp3) is 0.0769. The molecule has 3 heterocycles. The second-order valence-corrected chi connectivity index (χ2v) is 4.88. The summed E-state index contributed by atoms with van der Waals surface area (Å²) in [6, 6.07) is 5.61. The lowest BCUT2D eigenvalue weighted by Gasteiger charge is -2.05. The smallest absolute Gasteiger partial charge is 0.372 e. The van der Waals surface area contributed by atoms with Crippen molar-refractivity contribution in [1.82, 2.24) is 9.55 Å². The van der Waals surface area contributed by atoms with Crippen LogP contribution in [0.2, 0.25) is 0 Å². The van der Waals surface area contributed by atoms with E-state index in [0.29, 0.717) is 12.1 Å². The third-order valence-corrected chi connectivity index (χ3v) is 3.60. The highest BCUT2D eigenvalue weighted by Gasteiger charge is 2.16. The van der Waals surface area contributed by atoms with Crippen LogP contribution in [0.5, 0.6) is 0 Å². The average Bonchev–Trinajstić information content (AvgIpc) is 3.09. The number of carboxylic acids is 1. The van der Waals surface area contributed by atoms with Crippen molar-refractivity contribution in [1.29, 1.82) is 0 Å². The zero-order valence-electron chi connectivity index (χ0n) is 9.81. The molecular formula is C13H10N2O3S. The number of aromatic nitrogens is 2. The molecule has 3 rings (SSSR count). The molecule has 0 aliphatic carbocycles. The Morgan fingerprint density at radius 1 is 1.47 bits per heavy atom. The summed E-state index contributed by atoms with van der Waals surface area (Å²) in [7, 11) is 0. The van der Waals surface area contributed by atoms with Gasteiger partial charge in [0, 0.05) is 18.0 Å². The van der Waals surface area contributed by atoms with Gasteiger partial charge < -0.3 is 14.1 Å². The molecule has 3 aromatic heterocycles. The summed E-state index contributed by atoms with van der Waals surface area (Å²) in [6.07, 6.45) is 4.92. The van der Waals surface area contributed by atoms with Crippen molar-refractivity contribution in [3.63, 3.8) is 0 Å². The van der Waals surface area contributed by atoms with Gasteiger partial charge in [0.25, 0.3) is 0 Å². The minimum Gasteiger partial charge on any atom is -0.475 e. The highest BCUT2D eigenvalue weighted by atomic mass is 32.1. The van der Waals surface area contributed by atoms with Crippen LogP contribution in [-0.4, -0.2) is 20.6 Å². The van der Waals surface area contributed by atoms with Crippen LogP contribution in [0, 0.1) is 0 Å². The maximum absolute atomic E-state index is 11.0. The molecule has 0 spiro atoms. The van der Waals surface area contributed by atoms with E-state index in [0.717, 1.165) is 10.7 Å². The summed E-state index contributed by atoms with van der Waals surface area (Å²) in [5.41, 5.74) is 0.628. The molecule has 0 bridgehead atoms. The molecule has 19 heavy (non-hydrogen) atoms. The molecule has 0 aliphatic heterocycles. The van der Waals surface area contributed by atoms with Crippen LogP contribution in [0.4, 0.5) is 0 Å². The Balaban J connectivity index is 1.94. The van der Waals surface area contributed by atoms with Crippen LogP contribution < -0.4 is 0 Å². The number of imidazole rings is 1. The van der Waals surface area contributed by atoms with Gasteiger partial charge in [0.15, 0.2) is 0 Å². The van der Waals surface area contributed by atoms with Crippen LogP contribution in [0.1, 0.15) is 16.1 Å². The summed E-state index contributed by atoms with van der Waals surface area (Å²) in [6.45, 7) is 0.422. The van der Waals surface area contributed by atoms with Gasteiger partial charge in [-0.2, -0.15) is 0 Å². The second kappa shape index (κ2) is 4.74. The maximum atomic E-state index is 11.0. The van der Waals surface area contributed by atoms with E-state index in [2.05, 4.69) is 4.98 Å². The number of nitrogens with zero attached hydrogens (tertiary/aromatic N) is 2. The highest BCUT2D eigenvalue weighted by molar-refractivity contribution is 7.13. The molecule has 0 unspecified atom stereocenters. The molecule has 6 heteroatoms. The first-order valence-electron chi connectivity index (χ1n) is 5.60. The van der Waals surface area contributed by atoms with E-state index in [4.69, 9.17) is 9.52 Å². The third kappa shape index (κ3) is 2.17. The summed E-state index contributed by atoms with van der Waals surface area (Å²) in [4.78, 5) is 16.4. The number of rotatable bonds is 4. The van der Waals surface area contributed by atoms with Crippen molar-refractivity contribution in [2.75, 3.05) is 0 Å². The number of aromatic carboxylic acids is 1. The molecule has 1 N–H and O–H groups in total. The molecule has 0 fully saturated rings. The second-order valence-electron chi connectivity index (χ2n) is 3.94. The molecular weight excluding hydrogens is 264 g/mol. The Hall–Kier alpha value is -2.34. The first kappa shape index (κ1) is 11.7. The molecule has 0 saturated carbocycles. The topological polar surface area (TPSA) is 68.3 Å². The maximum Gasteiger partial charge on any atom is 0.372 e. The van der Waals surface area contributed by atoms with E-state index < -0.39 is 5.97 Å². The molecule has 0 radical (unpaired) electrons. The van der Waals surface area contributed by atoms with Crippen LogP contribution in [0.3, 0.4) is 0 Å². The minimum atomic E-state index is -1.06. The van der Waals surface area contributed by atoms with Crippen molar-refractivity contribution in [2.45, 2.75) is 6.54 Å². The van der Waals surface area contributed by atoms with Gasteiger partial charge in [-0.05, 0) is 17.5 Å². The normalized spacial score (nSPS) is 10.7. The molecule has 0 atom stereocenters. The van der Waals surface area contributed by atoms with Gasteiger partial charge in [0.2, 0.25) is 5.76 Å². The fourth-order valence-electron chi connectivity index (χ4n) is 1.90. The molecule has 0 saturated heterocycles. The first-order valence-corrected chi connectivity index (χ1v) is 6.48. The largest absolute Gasteiger partial charge is 0.475 e. The number of furan rings is 1. The Bertz CT molecular complexity index is 697. The van der Waals surface area contributed by atoms with Crippen molar-refractivity contribution in [3.8, 4) is 10.7 Å². The fourth-order valence-corrected chi connectivity index (χ4v) is 2.64. The summed E-state index contributed by atoms with van der Waals surface area (Å²) in [5.74, 6) is -0.254. The monoisotopic (exact) mass is 274 g/mol. The van der Waals surface area contributed by atoms with Gasteiger partial charge in [-0.1, -0.05) is 6.07 Å². The minimum absolute atomic E-state index is 0.0224. The van der Waals surface area contributed by atoms with Crippen LogP contribution in [0.15, 0.2) is 46.7 Å². The van der Waals surface area contributed by atoms with Crippen LogP contribution >= 0.6 is 11.3 Å². The van der Waals surface area contributed by atoms with Gasteiger partial charge in [-0.25, -0.2) is 9.78 Å². The highest BCUT2D eigenvalue weighted by Crippen LogP contribution is 2.24. The predicted molar refractivity (Wildman–Crippen MR) is 70.3 cm³/mol. The SMILES string of the molecule is O=C(O)c1occc1Cn1ccnc1-c1cccs1. The van der Waals surface area contributed by atoms with E-state index in [-0.39, 0.29) is 5.76 Å². The van der Waals surface area contributed by atoms with E-state index in [1.54, 1.807) is 23.6 Å². The first-order chi connectivity index (χ1) is 9.25. The molecule has 0 aromatic carbocycles. The number of carboxylic acid groups (broad SMARTS) is 1. The summed E-state index contributed by atoms with van der Waals surface area (Å²) >= 11 is 1.59. The van der Waals surface area contributed by atoms with E-state index in [1.807, 2.05) is 28.3 Å². The lowest BCUT2D eigenvalue weighted by Crippen LogP contribution is -2.05. The lowest BCUT2D eigenvalue weighted by molar-refractivity contribution is 0.0660. The standard InChI is InChI=1S/C13H10N2O3S/c16-13(17)11-9(3-6-18-11)8-15-5-4-14-12(15)10-2-1-7-19-10/h1-7H,8H2,(H,16,17).